The second kappa shape index (κ2) is 8.91. The zero-order valence-electron chi connectivity index (χ0n) is 20.1. The van der Waals surface area contributed by atoms with Crippen LogP contribution in [0.4, 0.5) is 0 Å². The van der Waals surface area contributed by atoms with Crippen molar-refractivity contribution in [2.75, 3.05) is 20.2 Å². The van der Waals surface area contributed by atoms with Crippen molar-refractivity contribution in [3.05, 3.63) is 77.0 Å². The molecule has 35 heavy (non-hydrogen) atoms. The Hall–Kier alpha value is -3.54. The highest BCUT2D eigenvalue weighted by molar-refractivity contribution is 5.97. The van der Waals surface area contributed by atoms with Gasteiger partial charge in [-0.2, -0.15) is 0 Å². The zero-order valence-corrected chi connectivity index (χ0v) is 20.1. The number of amides is 2. The van der Waals surface area contributed by atoms with Crippen LogP contribution in [0.15, 0.2) is 60.2 Å². The van der Waals surface area contributed by atoms with E-state index in [1.54, 1.807) is 12.0 Å². The van der Waals surface area contributed by atoms with Crippen molar-refractivity contribution in [3.8, 4) is 5.75 Å². The SMILES string of the molecule is COc1ccccc1[C@H]1c2[nH]c3ccccc3c2C[C@H]2C(=O)N(CCC3=CCCCC3)CC(=O)N12. The lowest BCUT2D eigenvalue weighted by Crippen LogP contribution is -2.63. The summed E-state index contributed by atoms with van der Waals surface area (Å²) in [6.07, 6.45) is 8.41. The van der Waals surface area contributed by atoms with E-state index in [1.807, 2.05) is 41.3 Å². The maximum absolute atomic E-state index is 13.8. The van der Waals surface area contributed by atoms with Gasteiger partial charge in [-0.05, 0) is 49.8 Å². The van der Waals surface area contributed by atoms with Crippen molar-refractivity contribution >= 4 is 22.7 Å². The Morgan fingerprint density at radius 2 is 1.89 bits per heavy atom. The summed E-state index contributed by atoms with van der Waals surface area (Å²) in [5.74, 6) is 0.763. The van der Waals surface area contributed by atoms with E-state index < -0.39 is 12.1 Å². The molecule has 1 saturated heterocycles. The van der Waals surface area contributed by atoms with E-state index in [1.165, 1.54) is 18.4 Å². The van der Waals surface area contributed by atoms with Gasteiger partial charge in [-0.3, -0.25) is 9.59 Å². The molecule has 6 rings (SSSR count). The largest absolute Gasteiger partial charge is 0.496 e. The van der Waals surface area contributed by atoms with Crippen molar-refractivity contribution in [1.82, 2.24) is 14.8 Å². The number of ether oxygens (including phenoxy) is 1. The maximum atomic E-state index is 13.8. The topological polar surface area (TPSA) is 65.6 Å². The van der Waals surface area contributed by atoms with E-state index in [4.69, 9.17) is 4.74 Å². The average molecular weight is 470 g/mol. The highest BCUT2D eigenvalue weighted by Gasteiger charge is 2.48. The van der Waals surface area contributed by atoms with Crippen LogP contribution in [0.5, 0.6) is 5.75 Å². The van der Waals surface area contributed by atoms with Gasteiger partial charge in [0.05, 0.1) is 13.7 Å². The number of piperazine rings is 1. The third kappa shape index (κ3) is 3.72. The molecule has 2 amide bonds. The number of aromatic nitrogens is 1. The lowest BCUT2D eigenvalue weighted by molar-refractivity contribution is -0.158. The first-order chi connectivity index (χ1) is 17.2. The van der Waals surface area contributed by atoms with Gasteiger partial charge in [0.25, 0.3) is 0 Å². The minimum Gasteiger partial charge on any atom is -0.496 e. The van der Waals surface area contributed by atoms with E-state index in [9.17, 15) is 9.59 Å². The number of nitrogens with one attached hydrogen (secondary N) is 1. The third-order valence-electron chi connectivity index (χ3n) is 7.86. The van der Waals surface area contributed by atoms with Gasteiger partial charge in [0, 0.05) is 35.1 Å². The van der Waals surface area contributed by atoms with Crippen LogP contribution >= 0.6 is 0 Å². The predicted octanol–water partition coefficient (Wildman–Crippen LogP) is 4.75. The fourth-order valence-electron chi connectivity index (χ4n) is 6.14. The fraction of sp³-hybridized carbons (Fsp3) is 0.379. The number of nitrogens with zero attached hydrogens (tertiary/aromatic N) is 2. The molecule has 0 spiro atoms. The lowest BCUT2D eigenvalue weighted by Gasteiger charge is -2.47. The second-order valence-corrected chi connectivity index (χ2v) is 9.85. The molecule has 6 heteroatoms. The van der Waals surface area contributed by atoms with Gasteiger partial charge >= 0.3 is 0 Å². The van der Waals surface area contributed by atoms with Crippen LogP contribution in [0, 0.1) is 0 Å². The zero-order chi connectivity index (χ0) is 23.9. The van der Waals surface area contributed by atoms with Gasteiger partial charge in [0.2, 0.25) is 11.8 Å². The molecule has 180 valence electrons. The molecule has 3 aliphatic rings. The summed E-state index contributed by atoms with van der Waals surface area (Å²) >= 11 is 0. The summed E-state index contributed by atoms with van der Waals surface area (Å²) < 4.78 is 5.70. The summed E-state index contributed by atoms with van der Waals surface area (Å²) in [6.45, 7) is 0.741. The van der Waals surface area contributed by atoms with Crippen LogP contribution in [0.2, 0.25) is 0 Å². The first kappa shape index (κ1) is 22.0. The highest BCUT2D eigenvalue weighted by atomic mass is 16.5. The van der Waals surface area contributed by atoms with E-state index >= 15 is 0 Å². The van der Waals surface area contributed by atoms with Crippen LogP contribution in [0.3, 0.4) is 0 Å². The molecule has 2 aliphatic heterocycles. The summed E-state index contributed by atoms with van der Waals surface area (Å²) in [4.78, 5) is 34.7. The number of hydrogen-bond donors (Lipinski definition) is 1. The van der Waals surface area contributed by atoms with Crippen molar-refractivity contribution in [3.63, 3.8) is 0 Å². The normalized spacial score (nSPS) is 22.1. The molecule has 0 saturated carbocycles. The van der Waals surface area contributed by atoms with Crippen LogP contribution in [0.25, 0.3) is 10.9 Å². The maximum Gasteiger partial charge on any atom is 0.246 e. The number of rotatable bonds is 5. The number of para-hydroxylation sites is 2. The molecular formula is C29H31N3O3. The number of carbonyl (C=O) groups is 2. The Bertz CT molecular complexity index is 1320. The molecule has 6 nitrogen and oxygen atoms in total. The molecular weight excluding hydrogens is 438 g/mol. The molecule has 1 fully saturated rings. The van der Waals surface area contributed by atoms with E-state index in [0.29, 0.717) is 13.0 Å². The Morgan fingerprint density at radius 3 is 2.71 bits per heavy atom. The highest BCUT2D eigenvalue weighted by Crippen LogP contribution is 2.44. The summed E-state index contributed by atoms with van der Waals surface area (Å²) in [6, 6.07) is 15.1. The first-order valence-corrected chi connectivity index (χ1v) is 12.7. The number of allylic oxidation sites excluding steroid dienone is 1. The molecule has 2 atom stereocenters. The summed E-state index contributed by atoms with van der Waals surface area (Å²) in [5, 5.41) is 1.12. The molecule has 3 heterocycles. The average Bonchev–Trinajstić information content (AvgIpc) is 3.28. The monoisotopic (exact) mass is 469 g/mol. The Labute approximate surface area is 205 Å². The number of benzene rings is 2. The van der Waals surface area contributed by atoms with Crippen LogP contribution in [-0.2, 0) is 16.0 Å². The summed E-state index contributed by atoms with van der Waals surface area (Å²) in [5.41, 5.74) is 5.45. The number of fused-ring (bicyclic) bond motifs is 4. The standard InChI is InChI=1S/C29H31N3O3/c1-35-25-14-8-6-12-21(25)28-27-22(20-11-5-7-13-23(20)30-27)17-24-29(34)31(18-26(33)32(24)28)16-15-19-9-3-2-4-10-19/h5-9,11-14,24,28,30H,2-4,10,15-18H2,1H3/t24-,28-/m0/s1. The molecule has 3 aromatic rings. The minimum absolute atomic E-state index is 0.00700. The van der Waals surface area contributed by atoms with E-state index in [2.05, 4.69) is 23.2 Å². The molecule has 0 radical (unpaired) electrons. The fourth-order valence-corrected chi connectivity index (χ4v) is 6.14. The molecule has 0 bridgehead atoms. The number of carbonyl (C=O) groups excluding carboxylic acids is 2. The summed E-state index contributed by atoms with van der Waals surface area (Å²) in [7, 11) is 1.65. The van der Waals surface area contributed by atoms with Gasteiger partial charge in [-0.15, -0.1) is 0 Å². The van der Waals surface area contributed by atoms with Crippen LogP contribution in [-0.4, -0.2) is 52.8 Å². The lowest BCUT2D eigenvalue weighted by atomic mass is 9.85. The molecule has 1 N–H and O–H groups in total. The van der Waals surface area contributed by atoms with Crippen molar-refractivity contribution in [2.24, 2.45) is 0 Å². The third-order valence-corrected chi connectivity index (χ3v) is 7.86. The van der Waals surface area contributed by atoms with Gasteiger partial charge < -0.3 is 19.5 Å². The number of hydrogen-bond acceptors (Lipinski definition) is 3. The Morgan fingerprint density at radius 1 is 1.06 bits per heavy atom. The van der Waals surface area contributed by atoms with Gasteiger partial charge in [0.15, 0.2) is 0 Å². The second-order valence-electron chi connectivity index (χ2n) is 9.85. The molecule has 2 aromatic carbocycles. The van der Waals surface area contributed by atoms with Crippen molar-refractivity contribution < 1.29 is 14.3 Å². The Balaban J connectivity index is 1.41. The van der Waals surface area contributed by atoms with Crippen LogP contribution < -0.4 is 4.74 Å². The molecule has 1 aliphatic carbocycles. The van der Waals surface area contributed by atoms with Gasteiger partial charge in [-0.1, -0.05) is 48.0 Å². The van der Waals surface area contributed by atoms with Crippen LogP contribution in [0.1, 0.15) is 55.0 Å². The number of methoxy groups -OCH3 is 1. The van der Waals surface area contributed by atoms with E-state index in [-0.39, 0.29) is 18.4 Å². The molecule has 0 unspecified atom stereocenters. The van der Waals surface area contributed by atoms with Crippen molar-refractivity contribution in [1.29, 1.82) is 0 Å². The van der Waals surface area contributed by atoms with Gasteiger partial charge in [-0.25, -0.2) is 0 Å². The molecule has 1 aromatic heterocycles. The quantitative estimate of drug-likeness (QED) is 0.549. The number of H-pyrrole nitrogens is 1. The smallest absolute Gasteiger partial charge is 0.246 e. The number of aromatic amines is 1. The minimum atomic E-state index is -0.516. The first-order valence-electron chi connectivity index (χ1n) is 12.7. The predicted molar refractivity (Wildman–Crippen MR) is 135 cm³/mol. The van der Waals surface area contributed by atoms with Crippen molar-refractivity contribution in [2.45, 2.75) is 50.6 Å². The van der Waals surface area contributed by atoms with E-state index in [0.717, 1.165) is 52.7 Å². The Kier molecular flexibility index (Phi) is 5.59. The van der Waals surface area contributed by atoms with Gasteiger partial charge in [0.1, 0.15) is 17.8 Å².